The molecule has 154 valence electrons. The molecule has 2 aromatic rings. The molecule has 0 aliphatic rings. The first-order valence-corrected chi connectivity index (χ1v) is 8.15. The second-order valence-corrected chi connectivity index (χ2v) is 5.57. The second kappa shape index (κ2) is 9.77. The minimum atomic E-state index is -4.90. The predicted octanol–water partition coefficient (Wildman–Crippen LogP) is 2.19. The van der Waals surface area contributed by atoms with E-state index in [-0.39, 0.29) is 30.9 Å². The molecule has 0 spiro atoms. The van der Waals surface area contributed by atoms with Crippen LogP contribution in [0, 0.1) is 5.82 Å². The monoisotopic (exact) mass is 425 g/mol. The van der Waals surface area contributed by atoms with Crippen molar-refractivity contribution < 1.29 is 31.2 Å². The minimum absolute atomic E-state index is 0. The first-order valence-electron chi connectivity index (χ1n) is 7.12. The number of nitrogens with one attached hydrogen (secondary N) is 2. The average molecular weight is 425 g/mol. The Morgan fingerprint density at radius 2 is 2.04 bits per heavy atom. The Hall–Kier alpha value is -3.04. The molecule has 0 bridgehead atoms. The molecule has 0 radical (unpaired) electrons. The summed E-state index contributed by atoms with van der Waals surface area (Å²) in [4.78, 5) is 3.76. The Balaban J connectivity index is 0.00000392. The van der Waals surface area contributed by atoms with E-state index >= 15 is 0 Å². The van der Waals surface area contributed by atoms with Gasteiger partial charge in [-0.05, 0) is 18.2 Å². The number of hydroxylamine groups is 1. The van der Waals surface area contributed by atoms with E-state index in [4.69, 9.17) is 5.21 Å². The molecular formula is C13H15F4N7O3S. The molecule has 1 aromatic heterocycles. The van der Waals surface area contributed by atoms with Crippen molar-refractivity contribution in [2.24, 2.45) is 9.36 Å². The van der Waals surface area contributed by atoms with E-state index in [1.54, 1.807) is 5.48 Å². The Morgan fingerprint density at radius 1 is 1.32 bits per heavy atom. The van der Waals surface area contributed by atoms with Crippen molar-refractivity contribution in [2.75, 3.05) is 18.4 Å². The zero-order chi connectivity index (χ0) is 20.0. The molecule has 0 fully saturated rings. The van der Waals surface area contributed by atoms with Gasteiger partial charge in [0.1, 0.15) is 5.82 Å². The van der Waals surface area contributed by atoms with Crippen molar-refractivity contribution in [1.82, 2.24) is 21.4 Å². The highest BCUT2D eigenvalue weighted by Crippen LogP contribution is 2.33. The van der Waals surface area contributed by atoms with Gasteiger partial charge >= 0.3 is 16.7 Å². The predicted molar refractivity (Wildman–Crippen MR) is 90.8 cm³/mol. The molecule has 28 heavy (non-hydrogen) atoms. The fourth-order valence-electron chi connectivity index (χ4n) is 1.90. The largest absolute Gasteiger partial charge is 0.419 e. The maximum Gasteiger partial charge on any atom is 0.419 e. The molecule has 0 saturated carbocycles. The van der Waals surface area contributed by atoms with Crippen LogP contribution in [0.3, 0.4) is 0 Å². The lowest BCUT2D eigenvalue weighted by molar-refractivity contribution is -0.139. The molecule has 1 aromatic carbocycles. The summed E-state index contributed by atoms with van der Waals surface area (Å²) >= 11 is 0. The molecule has 0 saturated heterocycles. The summed E-state index contributed by atoms with van der Waals surface area (Å²) in [7, 11) is -2.51. The van der Waals surface area contributed by atoms with E-state index in [1.165, 1.54) is 12.4 Å². The summed E-state index contributed by atoms with van der Waals surface area (Å²) in [5, 5.41) is 15.8. The highest BCUT2D eigenvalue weighted by atomic mass is 32.2. The van der Waals surface area contributed by atoms with Crippen LogP contribution in [0.15, 0.2) is 39.9 Å². The van der Waals surface area contributed by atoms with Gasteiger partial charge in [0.05, 0.1) is 35.9 Å². The Bertz CT molecular complexity index is 965. The molecule has 10 nitrogen and oxygen atoms in total. The van der Waals surface area contributed by atoms with Crippen molar-refractivity contribution in [3.05, 3.63) is 42.0 Å². The lowest BCUT2D eigenvalue weighted by Gasteiger charge is -2.09. The molecule has 0 unspecified atom stereocenters. The number of halogens is 4. The van der Waals surface area contributed by atoms with Gasteiger partial charge in [-0.1, -0.05) is 0 Å². The molecule has 15 heteroatoms. The van der Waals surface area contributed by atoms with Crippen LogP contribution in [0.25, 0.3) is 0 Å². The first-order chi connectivity index (χ1) is 12.7. The summed E-state index contributed by atoms with van der Waals surface area (Å²) in [5.74, 6) is -1.80. The van der Waals surface area contributed by atoms with Gasteiger partial charge in [-0.25, -0.2) is 19.5 Å². The number of aliphatic imine (C=N–C) groups is 1. The number of hydrogen-bond acceptors (Lipinski definition) is 8. The number of alkyl halides is 3. The van der Waals surface area contributed by atoms with E-state index in [9.17, 15) is 26.0 Å². The fraction of sp³-hybridized carbons (Fsp3) is 0.231. The number of rotatable bonds is 5. The third-order valence-corrected chi connectivity index (χ3v) is 3.42. The van der Waals surface area contributed by atoms with Gasteiger partial charge in [-0.3, -0.25) is 5.21 Å². The van der Waals surface area contributed by atoms with E-state index < -0.39 is 28.1 Å². The van der Waals surface area contributed by atoms with Crippen molar-refractivity contribution >= 4 is 27.8 Å². The Kier molecular flexibility index (Phi) is 8.02. The summed E-state index contributed by atoms with van der Waals surface area (Å²) < 4.78 is 76.3. The Labute approximate surface area is 157 Å². The smallest absolute Gasteiger partial charge is 0.381 e. The molecular weight excluding hydrogens is 410 g/mol. The number of benzene rings is 1. The molecule has 0 aliphatic carbocycles. The van der Waals surface area contributed by atoms with E-state index in [2.05, 4.69) is 19.8 Å². The van der Waals surface area contributed by atoms with Crippen LogP contribution < -0.4 is 16.9 Å². The standard InChI is InChI=1S/C13H12F4N6O3S.H3N/c14-11-2-1-8(5-10(11)13(15,16)17)21-12(22-24)23-7-9(6-19-23)18-3-4-20-27(25)26;/h1-2,5-7,18,24H,3-4H2,(H,21,22);1H3. The van der Waals surface area contributed by atoms with Crippen LogP contribution in [0.4, 0.5) is 28.9 Å². The van der Waals surface area contributed by atoms with Crippen LogP contribution in [-0.2, 0) is 16.7 Å². The van der Waals surface area contributed by atoms with E-state index in [1.807, 2.05) is 0 Å². The minimum Gasteiger partial charge on any atom is -0.381 e. The zero-order valence-electron chi connectivity index (χ0n) is 14.0. The van der Waals surface area contributed by atoms with Crippen LogP contribution in [0.5, 0.6) is 0 Å². The van der Waals surface area contributed by atoms with E-state index in [0.29, 0.717) is 17.8 Å². The summed E-state index contributed by atoms with van der Waals surface area (Å²) in [6, 6.07) is 2.09. The SMILES string of the molecule is N.O=S(=O)=NCCNc1cnn(C(=Nc2ccc(F)c(C(F)(F)F)c2)NO)c1. The quantitative estimate of drug-likeness (QED) is 0.188. The number of hydrogen-bond donors (Lipinski definition) is 4. The lowest BCUT2D eigenvalue weighted by atomic mass is 10.2. The normalized spacial score (nSPS) is 11.5. The number of anilines is 1. The summed E-state index contributed by atoms with van der Waals surface area (Å²) in [6.45, 7) is 0.155. The maximum absolute atomic E-state index is 13.3. The zero-order valence-corrected chi connectivity index (χ0v) is 14.8. The highest BCUT2D eigenvalue weighted by molar-refractivity contribution is 7.61. The lowest BCUT2D eigenvalue weighted by Crippen LogP contribution is -2.27. The van der Waals surface area contributed by atoms with Crippen molar-refractivity contribution in [3.8, 4) is 0 Å². The van der Waals surface area contributed by atoms with Crippen LogP contribution in [-0.4, -0.2) is 42.5 Å². The van der Waals surface area contributed by atoms with Crippen LogP contribution in [0.2, 0.25) is 0 Å². The molecule has 0 atom stereocenters. The van der Waals surface area contributed by atoms with E-state index in [0.717, 1.165) is 10.7 Å². The maximum atomic E-state index is 13.3. The highest BCUT2D eigenvalue weighted by Gasteiger charge is 2.34. The molecule has 6 N–H and O–H groups in total. The third kappa shape index (κ3) is 6.29. The topological polar surface area (TPSA) is 156 Å². The van der Waals surface area contributed by atoms with Gasteiger partial charge in [-0.15, -0.1) is 0 Å². The van der Waals surface area contributed by atoms with Gasteiger partial charge in [0.25, 0.3) is 0 Å². The van der Waals surface area contributed by atoms with Crippen LogP contribution in [0.1, 0.15) is 5.56 Å². The number of nitrogens with zero attached hydrogens (tertiary/aromatic N) is 4. The van der Waals surface area contributed by atoms with Gasteiger partial charge in [0, 0.05) is 6.54 Å². The molecule has 0 amide bonds. The average Bonchev–Trinajstić information content (AvgIpc) is 3.05. The Morgan fingerprint density at radius 3 is 2.64 bits per heavy atom. The fourth-order valence-corrected chi connectivity index (χ4v) is 2.14. The van der Waals surface area contributed by atoms with Gasteiger partial charge in [-0.2, -0.15) is 31.1 Å². The number of aromatic nitrogens is 2. The molecule has 0 aliphatic heterocycles. The van der Waals surface area contributed by atoms with Gasteiger partial charge < -0.3 is 11.5 Å². The first kappa shape index (κ1) is 23.0. The second-order valence-electron chi connectivity index (χ2n) is 4.88. The van der Waals surface area contributed by atoms with Crippen LogP contribution >= 0.6 is 0 Å². The summed E-state index contributed by atoms with van der Waals surface area (Å²) in [5.41, 5.74) is 0.313. The van der Waals surface area contributed by atoms with Crippen molar-refractivity contribution in [3.63, 3.8) is 0 Å². The summed E-state index contributed by atoms with van der Waals surface area (Å²) in [6.07, 6.45) is -2.28. The molecule has 2 rings (SSSR count). The molecule has 1 heterocycles. The third-order valence-electron chi connectivity index (χ3n) is 3.03. The van der Waals surface area contributed by atoms with Gasteiger partial charge in [0.15, 0.2) is 0 Å². The van der Waals surface area contributed by atoms with Gasteiger partial charge in [0.2, 0.25) is 5.96 Å². The van der Waals surface area contributed by atoms with Crippen molar-refractivity contribution in [2.45, 2.75) is 6.18 Å². The van der Waals surface area contributed by atoms with Crippen molar-refractivity contribution in [1.29, 1.82) is 0 Å².